The van der Waals surface area contributed by atoms with Gasteiger partial charge in [0.25, 0.3) is 15.9 Å². The fraction of sp³-hybridized carbons (Fsp3) is 0.296. The summed E-state index contributed by atoms with van der Waals surface area (Å²) in [5, 5.41) is 0. The summed E-state index contributed by atoms with van der Waals surface area (Å²) in [5.74, 6) is 0.767. The topological polar surface area (TPSA) is 66.9 Å². The van der Waals surface area contributed by atoms with Crippen molar-refractivity contribution < 1.29 is 17.9 Å². The molecule has 1 saturated heterocycles. The predicted molar refractivity (Wildman–Crippen MR) is 134 cm³/mol. The van der Waals surface area contributed by atoms with Gasteiger partial charge in [-0.25, -0.2) is 8.42 Å². The van der Waals surface area contributed by atoms with E-state index < -0.39 is 10.0 Å². The first kappa shape index (κ1) is 23.8. The molecule has 4 rings (SSSR count). The second-order valence-corrected chi connectivity index (χ2v) is 10.6. The average Bonchev–Trinajstić information content (AvgIpc) is 2.87. The van der Waals surface area contributed by atoms with Crippen LogP contribution in [0.1, 0.15) is 35.7 Å². The van der Waals surface area contributed by atoms with Crippen LogP contribution >= 0.6 is 0 Å². The fourth-order valence-electron chi connectivity index (χ4n) is 4.36. The first-order valence-electron chi connectivity index (χ1n) is 11.5. The number of carbonyl (C=O) groups excluding carboxylic acids is 1. The zero-order valence-electron chi connectivity index (χ0n) is 19.6. The summed E-state index contributed by atoms with van der Waals surface area (Å²) in [4.78, 5) is 15.0. The van der Waals surface area contributed by atoms with Gasteiger partial charge >= 0.3 is 0 Å². The van der Waals surface area contributed by atoms with Crippen LogP contribution in [0, 0.1) is 5.92 Å². The van der Waals surface area contributed by atoms with Crippen molar-refractivity contribution in [2.45, 2.75) is 31.2 Å². The van der Waals surface area contributed by atoms with E-state index in [0.717, 1.165) is 18.4 Å². The van der Waals surface area contributed by atoms with Crippen LogP contribution in [0.2, 0.25) is 0 Å². The molecular weight excluding hydrogens is 448 g/mol. The van der Waals surface area contributed by atoms with Crippen molar-refractivity contribution in [3.8, 4) is 5.75 Å². The third kappa shape index (κ3) is 5.09. The standard InChI is InChI=1S/C27H30N2O4S/c1-21-10-9-17-28(19-21)27(30)23-13-8-14-24(18-23)34(31,32)29(20-22-11-4-3-5-12-22)25-15-6-7-16-26(25)33-2/h3-8,11-16,18,21H,9-10,17,19-20H2,1-2H3. The molecule has 0 saturated carbocycles. The van der Waals surface area contributed by atoms with E-state index in [4.69, 9.17) is 4.74 Å². The summed E-state index contributed by atoms with van der Waals surface area (Å²) in [5.41, 5.74) is 1.66. The van der Waals surface area contributed by atoms with E-state index in [1.807, 2.05) is 35.2 Å². The van der Waals surface area contributed by atoms with Crippen molar-refractivity contribution >= 4 is 21.6 Å². The smallest absolute Gasteiger partial charge is 0.264 e. The lowest BCUT2D eigenvalue weighted by atomic mass is 9.99. The number of methoxy groups -OCH3 is 1. The highest BCUT2D eigenvalue weighted by molar-refractivity contribution is 7.92. The molecule has 0 spiro atoms. The largest absolute Gasteiger partial charge is 0.495 e. The number of hydrogen-bond donors (Lipinski definition) is 0. The van der Waals surface area contributed by atoms with Crippen molar-refractivity contribution in [2.24, 2.45) is 5.92 Å². The van der Waals surface area contributed by atoms with Crippen LogP contribution in [0.15, 0.2) is 83.8 Å². The Morgan fingerprint density at radius 2 is 1.76 bits per heavy atom. The van der Waals surface area contributed by atoms with Crippen molar-refractivity contribution in [1.82, 2.24) is 4.90 Å². The molecule has 3 aromatic rings. The molecule has 0 bridgehead atoms. The predicted octanol–water partition coefficient (Wildman–Crippen LogP) is 4.96. The maximum atomic E-state index is 14.0. The number of hydrogen-bond acceptors (Lipinski definition) is 4. The normalized spacial score (nSPS) is 16.2. The molecule has 1 heterocycles. The molecule has 0 aromatic heterocycles. The van der Waals surface area contributed by atoms with Gasteiger partial charge in [0.2, 0.25) is 0 Å². The van der Waals surface area contributed by atoms with Crippen LogP contribution in [-0.4, -0.2) is 39.4 Å². The Kier molecular flexibility index (Phi) is 7.22. The molecule has 1 unspecified atom stereocenters. The van der Waals surface area contributed by atoms with Crippen molar-refractivity contribution in [3.05, 3.63) is 90.0 Å². The Bertz CT molecular complexity index is 1240. The molecule has 7 heteroatoms. The third-order valence-corrected chi connectivity index (χ3v) is 7.89. The van der Waals surface area contributed by atoms with Gasteiger partial charge in [0.1, 0.15) is 5.75 Å². The molecule has 1 fully saturated rings. The van der Waals surface area contributed by atoms with Gasteiger partial charge in [-0.15, -0.1) is 0 Å². The zero-order chi connectivity index (χ0) is 24.1. The summed E-state index contributed by atoms with van der Waals surface area (Å²) in [6.07, 6.45) is 2.06. The molecule has 0 aliphatic carbocycles. The Morgan fingerprint density at radius 1 is 1.03 bits per heavy atom. The van der Waals surface area contributed by atoms with E-state index in [1.165, 1.54) is 17.5 Å². The molecule has 1 aliphatic heterocycles. The molecule has 3 aromatic carbocycles. The Labute approximate surface area is 201 Å². The summed E-state index contributed by atoms with van der Waals surface area (Å²) < 4.78 is 34.7. The number of likely N-dealkylation sites (tertiary alicyclic amines) is 1. The first-order chi connectivity index (χ1) is 16.4. The van der Waals surface area contributed by atoms with Crippen molar-refractivity contribution in [1.29, 1.82) is 0 Å². The quantitative estimate of drug-likeness (QED) is 0.481. The van der Waals surface area contributed by atoms with Crippen LogP contribution < -0.4 is 9.04 Å². The van der Waals surface area contributed by atoms with Gasteiger partial charge in [0.15, 0.2) is 0 Å². The highest BCUT2D eigenvalue weighted by Crippen LogP contribution is 2.34. The molecule has 1 aliphatic rings. The van der Waals surface area contributed by atoms with E-state index in [9.17, 15) is 13.2 Å². The number of nitrogens with zero attached hydrogens (tertiary/aromatic N) is 2. The number of sulfonamides is 1. The third-order valence-electron chi connectivity index (χ3n) is 6.14. The summed E-state index contributed by atoms with van der Waals surface area (Å²) in [7, 11) is -2.48. The van der Waals surface area contributed by atoms with Crippen molar-refractivity contribution in [2.75, 3.05) is 24.5 Å². The highest BCUT2D eigenvalue weighted by atomic mass is 32.2. The van der Waals surface area contributed by atoms with Crippen LogP contribution in [0.3, 0.4) is 0 Å². The highest BCUT2D eigenvalue weighted by Gasteiger charge is 2.29. The van der Waals surface area contributed by atoms with E-state index in [0.29, 0.717) is 36.0 Å². The van der Waals surface area contributed by atoms with Crippen molar-refractivity contribution in [3.63, 3.8) is 0 Å². The molecule has 1 atom stereocenters. The second-order valence-electron chi connectivity index (χ2n) is 8.70. The number of piperidine rings is 1. The molecule has 6 nitrogen and oxygen atoms in total. The van der Waals surface area contributed by atoms with Gasteiger partial charge < -0.3 is 9.64 Å². The zero-order valence-corrected chi connectivity index (χ0v) is 20.4. The summed E-state index contributed by atoms with van der Waals surface area (Å²) in [6.45, 7) is 3.65. The van der Waals surface area contributed by atoms with E-state index >= 15 is 0 Å². The number of anilines is 1. The van der Waals surface area contributed by atoms with Gasteiger partial charge in [-0.2, -0.15) is 0 Å². The Balaban J connectivity index is 1.73. The summed E-state index contributed by atoms with van der Waals surface area (Å²) in [6, 6.07) is 22.8. The molecule has 1 amide bonds. The first-order valence-corrected chi connectivity index (χ1v) is 12.9. The summed E-state index contributed by atoms with van der Waals surface area (Å²) >= 11 is 0. The van der Waals surface area contributed by atoms with Gasteiger partial charge in [-0.05, 0) is 54.7 Å². The fourth-order valence-corrected chi connectivity index (χ4v) is 5.87. The molecule has 178 valence electrons. The van der Waals surface area contributed by atoms with Gasteiger partial charge in [0, 0.05) is 18.7 Å². The average molecular weight is 479 g/mol. The maximum Gasteiger partial charge on any atom is 0.264 e. The number of para-hydroxylation sites is 2. The monoisotopic (exact) mass is 478 g/mol. The number of rotatable bonds is 7. The minimum Gasteiger partial charge on any atom is -0.495 e. The molecule has 0 N–H and O–H groups in total. The second kappa shape index (κ2) is 10.3. The molecular formula is C27H30N2O4S. The van der Waals surface area contributed by atoms with E-state index in [2.05, 4.69) is 6.92 Å². The Morgan fingerprint density at radius 3 is 2.50 bits per heavy atom. The lowest BCUT2D eigenvalue weighted by Crippen LogP contribution is -2.39. The minimum absolute atomic E-state index is 0.0743. The number of amides is 1. The van der Waals surface area contributed by atoms with E-state index in [-0.39, 0.29) is 17.3 Å². The number of ether oxygens (including phenoxy) is 1. The molecule has 34 heavy (non-hydrogen) atoms. The maximum absolute atomic E-state index is 14.0. The van der Waals surface area contributed by atoms with E-state index in [1.54, 1.807) is 42.5 Å². The van der Waals surface area contributed by atoms with Crippen LogP contribution in [0.4, 0.5) is 5.69 Å². The van der Waals surface area contributed by atoms with Crippen LogP contribution in [0.25, 0.3) is 0 Å². The minimum atomic E-state index is -4.00. The van der Waals surface area contributed by atoms with Crippen LogP contribution in [-0.2, 0) is 16.6 Å². The SMILES string of the molecule is COc1ccccc1N(Cc1ccccc1)S(=O)(=O)c1cccc(C(=O)N2CCCC(C)C2)c1. The number of carbonyl (C=O) groups is 1. The lowest BCUT2D eigenvalue weighted by Gasteiger charge is -2.31. The molecule has 0 radical (unpaired) electrons. The Hall–Kier alpha value is -3.32. The van der Waals surface area contributed by atoms with Gasteiger partial charge in [-0.1, -0.05) is 55.5 Å². The van der Waals surface area contributed by atoms with Gasteiger partial charge in [-0.3, -0.25) is 9.10 Å². The van der Waals surface area contributed by atoms with Gasteiger partial charge in [0.05, 0.1) is 24.2 Å². The lowest BCUT2D eigenvalue weighted by molar-refractivity contribution is 0.0683. The number of benzene rings is 3. The van der Waals surface area contributed by atoms with Crippen LogP contribution in [0.5, 0.6) is 5.75 Å².